The standard InChI is InChI=1S/C17H16BrClN2O3S/c1-23-15-8-12(18)7-11(17(15)24-2)9-20-21-16(22)10-25-14-5-3-13(19)4-6-14/h3-9H,10H2,1-2H3,(H,21,22)/b20-9-. The minimum absolute atomic E-state index is 0.211. The van der Waals surface area contributed by atoms with Crippen LogP contribution in [0.15, 0.2) is 50.9 Å². The van der Waals surface area contributed by atoms with Crippen molar-refractivity contribution in [3.05, 3.63) is 51.5 Å². The van der Waals surface area contributed by atoms with Gasteiger partial charge in [0.05, 0.1) is 26.2 Å². The molecule has 8 heteroatoms. The highest BCUT2D eigenvalue weighted by atomic mass is 79.9. The summed E-state index contributed by atoms with van der Waals surface area (Å²) in [6, 6.07) is 10.9. The number of halogens is 2. The molecule has 0 aromatic heterocycles. The number of hydrogen-bond donors (Lipinski definition) is 1. The van der Waals surface area contributed by atoms with E-state index in [9.17, 15) is 4.79 Å². The number of benzene rings is 2. The summed E-state index contributed by atoms with van der Waals surface area (Å²) in [6.45, 7) is 0. The molecule has 0 fully saturated rings. The summed E-state index contributed by atoms with van der Waals surface area (Å²) < 4.78 is 11.4. The number of carbonyl (C=O) groups is 1. The Bertz CT molecular complexity index is 769. The third-order valence-corrected chi connectivity index (χ3v) is 4.77. The molecule has 0 heterocycles. The number of methoxy groups -OCH3 is 2. The van der Waals surface area contributed by atoms with Crippen LogP contribution in [0.4, 0.5) is 0 Å². The maximum Gasteiger partial charge on any atom is 0.250 e. The third-order valence-electron chi connectivity index (χ3n) is 3.05. The van der Waals surface area contributed by atoms with Gasteiger partial charge in [0.1, 0.15) is 0 Å². The summed E-state index contributed by atoms with van der Waals surface area (Å²) in [6.07, 6.45) is 1.51. The Kier molecular flexibility index (Phi) is 7.61. The third kappa shape index (κ3) is 5.95. The second kappa shape index (κ2) is 9.70. The van der Waals surface area contributed by atoms with Gasteiger partial charge in [-0.3, -0.25) is 4.79 Å². The number of ether oxygens (including phenoxy) is 2. The molecule has 2 aromatic carbocycles. The van der Waals surface area contributed by atoms with Crippen LogP contribution in [0, 0.1) is 0 Å². The number of amides is 1. The van der Waals surface area contributed by atoms with Gasteiger partial charge in [0, 0.05) is 20.0 Å². The molecule has 0 radical (unpaired) electrons. The van der Waals surface area contributed by atoms with Gasteiger partial charge in [-0.05, 0) is 36.4 Å². The lowest BCUT2D eigenvalue weighted by Gasteiger charge is -2.10. The van der Waals surface area contributed by atoms with Crippen molar-refractivity contribution in [2.45, 2.75) is 4.90 Å². The maximum absolute atomic E-state index is 11.9. The van der Waals surface area contributed by atoms with Gasteiger partial charge in [-0.25, -0.2) is 5.43 Å². The minimum Gasteiger partial charge on any atom is -0.493 e. The molecule has 25 heavy (non-hydrogen) atoms. The largest absolute Gasteiger partial charge is 0.493 e. The van der Waals surface area contributed by atoms with Crippen molar-refractivity contribution < 1.29 is 14.3 Å². The zero-order chi connectivity index (χ0) is 18.2. The van der Waals surface area contributed by atoms with E-state index in [0.717, 1.165) is 9.37 Å². The SMILES string of the molecule is COc1cc(Br)cc(/C=N\NC(=O)CSc2ccc(Cl)cc2)c1OC. The average Bonchev–Trinajstić information content (AvgIpc) is 2.60. The molecular weight excluding hydrogens is 428 g/mol. The number of thioether (sulfide) groups is 1. The quantitative estimate of drug-likeness (QED) is 0.392. The van der Waals surface area contributed by atoms with Gasteiger partial charge in [-0.1, -0.05) is 27.5 Å². The van der Waals surface area contributed by atoms with Gasteiger partial charge in [-0.2, -0.15) is 5.10 Å². The highest BCUT2D eigenvalue weighted by Crippen LogP contribution is 2.33. The van der Waals surface area contributed by atoms with Crippen molar-refractivity contribution in [1.82, 2.24) is 5.43 Å². The first-order valence-corrected chi connectivity index (χ1v) is 9.31. The van der Waals surface area contributed by atoms with Crippen LogP contribution >= 0.6 is 39.3 Å². The van der Waals surface area contributed by atoms with E-state index in [1.807, 2.05) is 18.2 Å². The summed E-state index contributed by atoms with van der Waals surface area (Å²) in [4.78, 5) is 12.8. The van der Waals surface area contributed by atoms with Gasteiger partial charge in [0.2, 0.25) is 5.91 Å². The fourth-order valence-electron chi connectivity index (χ4n) is 1.94. The van der Waals surface area contributed by atoms with E-state index in [0.29, 0.717) is 22.1 Å². The van der Waals surface area contributed by atoms with Crippen LogP contribution in [0.2, 0.25) is 5.02 Å². The predicted molar refractivity (Wildman–Crippen MR) is 105 cm³/mol. The van der Waals surface area contributed by atoms with Crippen LogP contribution < -0.4 is 14.9 Å². The smallest absolute Gasteiger partial charge is 0.250 e. The minimum atomic E-state index is -0.211. The molecule has 0 aliphatic rings. The van der Waals surface area contributed by atoms with Crippen molar-refractivity contribution in [1.29, 1.82) is 0 Å². The monoisotopic (exact) mass is 442 g/mol. The Labute approximate surface area is 163 Å². The van der Waals surface area contributed by atoms with Crippen molar-refractivity contribution >= 4 is 51.4 Å². The molecule has 1 N–H and O–H groups in total. The molecule has 2 aromatic rings. The summed E-state index contributed by atoms with van der Waals surface area (Å²) in [5.41, 5.74) is 3.17. The fourth-order valence-corrected chi connectivity index (χ4v) is 3.21. The zero-order valence-corrected chi connectivity index (χ0v) is 16.7. The van der Waals surface area contributed by atoms with Crippen LogP contribution in [0.3, 0.4) is 0 Å². The van der Waals surface area contributed by atoms with E-state index in [2.05, 4.69) is 26.5 Å². The molecule has 132 valence electrons. The average molecular weight is 444 g/mol. The summed E-state index contributed by atoms with van der Waals surface area (Å²) in [5.74, 6) is 1.15. The number of hydrazone groups is 1. The molecule has 2 rings (SSSR count). The van der Waals surface area contributed by atoms with E-state index in [1.54, 1.807) is 32.4 Å². The normalized spacial score (nSPS) is 10.7. The van der Waals surface area contributed by atoms with Crippen LogP contribution in [0.25, 0.3) is 0 Å². The number of hydrogen-bond acceptors (Lipinski definition) is 5. The van der Waals surface area contributed by atoms with Crippen LogP contribution in [-0.4, -0.2) is 32.1 Å². The molecule has 0 aliphatic heterocycles. The topological polar surface area (TPSA) is 59.9 Å². The molecule has 0 atom stereocenters. The Morgan fingerprint density at radius 1 is 1.28 bits per heavy atom. The number of rotatable bonds is 7. The molecule has 0 aliphatic carbocycles. The first kappa shape index (κ1) is 19.6. The first-order chi connectivity index (χ1) is 12.0. The lowest BCUT2D eigenvalue weighted by Crippen LogP contribution is -2.19. The molecule has 0 saturated heterocycles. The second-order valence-electron chi connectivity index (χ2n) is 4.77. The molecule has 0 saturated carbocycles. The Hall–Kier alpha value is -1.70. The van der Waals surface area contributed by atoms with Gasteiger partial charge in [-0.15, -0.1) is 11.8 Å². The van der Waals surface area contributed by atoms with Crippen molar-refractivity contribution in [2.75, 3.05) is 20.0 Å². The van der Waals surface area contributed by atoms with Crippen LogP contribution in [0.1, 0.15) is 5.56 Å². The summed E-state index contributed by atoms with van der Waals surface area (Å²) in [7, 11) is 3.10. The van der Waals surface area contributed by atoms with E-state index < -0.39 is 0 Å². The van der Waals surface area contributed by atoms with Crippen molar-refractivity contribution in [3.63, 3.8) is 0 Å². The van der Waals surface area contributed by atoms with Gasteiger partial charge >= 0.3 is 0 Å². The number of nitrogens with zero attached hydrogens (tertiary/aromatic N) is 1. The molecule has 0 spiro atoms. The van der Waals surface area contributed by atoms with Crippen LogP contribution in [-0.2, 0) is 4.79 Å². The zero-order valence-electron chi connectivity index (χ0n) is 13.6. The van der Waals surface area contributed by atoms with Gasteiger partial charge in [0.25, 0.3) is 0 Å². The second-order valence-corrected chi connectivity index (χ2v) is 7.17. The summed E-state index contributed by atoms with van der Waals surface area (Å²) in [5, 5.41) is 4.64. The molecule has 1 amide bonds. The highest BCUT2D eigenvalue weighted by molar-refractivity contribution is 9.10. The summed E-state index contributed by atoms with van der Waals surface area (Å²) >= 11 is 10.6. The lowest BCUT2D eigenvalue weighted by atomic mass is 10.2. The molecule has 0 unspecified atom stereocenters. The Balaban J connectivity index is 1.95. The van der Waals surface area contributed by atoms with Crippen molar-refractivity contribution in [2.24, 2.45) is 5.10 Å². The number of carbonyl (C=O) groups excluding carboxylic acids is 1. The molecular formula is C17H16BrClN2O3S. The van der Waals surface area contributed by atoms with Gasteiger partial charge in [0.15, 0.2) is 11.5 Å². The van der Waals surface area contributed by atoms with Gasteiger partial charge < -0.3 is 9.47 Å². The highest BCUT2D eigenvalue weighted by Gasteiger charge is 2.10. The Morgan fingerprint density at radius 3 is 2.64 bits per heavy atom. The van der Waals surface area contributed by atoms with Crippen LogP contribution in [0.5, 0.6) is 11.5 Å². The lowest BCUT2D eigenvalue weighted by molar-refractivity contribution is -0.118. The van der Waals surface area contributed by atoms with E-state index in [1.165, 1.54) is 18.0 Å². The fraction of sp³-hybridized carbons (Fsp3) is 0.176. The van der Waals surface area contributed by atoms with E-state index in [4.69, 9.17) is 21.1 Å². The molecule has 5 nitrogen and oxygen atoms in total. The Morgan fingerprint density at radius 2 is 2.00 bits per heavy atom. The molecule has 0 bridgehead atoms. The number of nitrogens with one attached hydrogen (secondary N) is 1. The van der Waals surface area contributed by atoms with E-state index >= 15 is 0 Å². The van der Waals surface area contributed by atoms with E-state index in [-0.39, 0.29) is 11.7 Å². The maximum atomic E-state index is 11.9. The first-order valence-electron chi connectivity index (χ1n) is 7.15. The predicted octanol–water partition coefficient (Wildman–Crippen LogP) is 4.36. The van der Waals surface area contributed by atoms with Crippen molar-refractivity contribution in [3.8, 4) is 11.5 Å².